The molecule has 0 radical (unpaired) electrons. The van der Waals surface area contributed by atoms with E-state index in [2.05, 4.69) is 36.3 Å². The topological polar surface area (TPSA) is 93.5 Å². The third-order valence-corrected chi connectivity index (χ3v) is 3.92. The third-order valence-electron chi connectivity index (χ3n) is 3.92. The van der Waals surface area contributed by atoms with Crippen molar-refractivity contribution >= 4 is 41.3 Å². The molecule has 0 aliphatic carbocycles. The van der Waals surface area contributed by atoms with Gasteiger partial charge in [-0.05, 0) is 35.6 Å². The number of nitrogens with two attached hydrogens (primary N) is 1. The highest BCUT2D eigenvalue weighted by Gasteiger charge is 2.05. The summed E-state index contributed by atoms with van der Waals surface area (Å²) in [6.45, 7) is 4.64. The molecule has 0 bridgehead atoms. The first kappa shape index (κ1) is 20.9. The Balaban J connectivity index is 0.00000312. The number of halogens is 1. The molecule has 3 N–H and O–H groups in total. The minimum Gasteiger partial charge on any atom is -0.370 e. The minimum atomic E-state index is -0.423. The Labute approximate surface area is 164 Å². The molecule has 6 nitrogen and oxygen atoms in total. The summed E-state index contributed by atoms with van der Waals surface area (Å²) >= 11 is 0. The van der Waals surface area contributed by atoms with Crippen molar-refractivity contribution in [2.45, 2.75) is 32.7 Å². The molecule has 2 rings (SSSR count). The molecule has 2 aromatic carbocycles. The van der Waals surface area contributed by atoms with Gasteiger partial charge in [-0.1, -0.05) is 38.1 Å². The van der Waals surface area contributed by atoms with E-state index in [9.17, 15) is 10.1 Å². The van der Waals surface area contributed by atoms with Crippen LogP contribution in [0.2, 0.25) is 0 Å². The number of hydrogen-bond acceptors (Lipinski definition) is 3. The molecule has 7 heteroatoms. The molecule has 25 heavy (non-hydrogen) atoms. The van der Waals surface area contributed by atoms with Crippen molar-refractivity contribution in [3.8, 4) is 0 Å². The van der Waals surface area contributed by atoms with Crippen LogP contribution in [0.25, 0.3) is 0 Å². The van der Waals surface area contributed by atoms with Crippen LogP contribution < -0.4 is 11.1 Å². The SMILES string of the molecule is CCC(C)c1ccc(NC(N)=NCc2cccc([N+](=O)[O-])c2)cc1.I. The first-order valence-corrected chi connectivity index (χ1v) is 7.89. The van der Waals surface area contributed by atoms with Crippen molar-refractivity contribution in [1.82, 2.24) is 0 Å². The zero-order valence-electron chi connectivity index (χ0n) is 14.3. The highest BCUT2D eigenvalue weighted by atomic mass is 127. The summed E-state index contributed by atoms with van der Waals surface area (Å²) < 4.78 is 0. The lowest BCUT2D eigenvalue weighted by Gasteiger charge is -2.10. The highest BCUT2D eigenvalue weighted by Crippen LogP contribution is 2.20. The molecule has 0 amide bonds. The molecular weight excluding hydrogens is 431 g/mol. The van der Waals surface area contributed by atoms with Gasteiger partial charge in [0.1, 0.15) is 0 Å². The first-order chi connectivity index (χ1) is 11.5. The fourth-order valence-electron chi connectivity index (χ4n) is 2.26. The maximum atomic E-state index is 10.8. The van der Waals surface area contributed by atoms with E-state index in [4.69, 9.17) is 5.73 Å². The largest absolute Gasteiger partial charge is 0.370 e. The summed E-state index contributed by atoms with van der Waals surface area (Å²) in [5.41, 5.74) is 8.82. The zero-order valence-corrected chi connectivity index (χ0v) is 16.6. The van der Waals surface area contributed by atoms with Gasteiger partial charge in [0.05, 0.1) is 11.5 Å². The van der Waals surface area contributed by atoms with Gasteiger partial charge in [0, 0.05) is 17.8 Å². The van der Waals surface area contributed by atoms with Crippen LogP contribution in [0.4, 0.5) is 11.4 Å². The number of hydrogen-bond donors (Lipinski definition) is 2. The van der Waals surface area contributed by atoms with Crippen LogP contribution in [0, 0.1) is 10.1 Å². The van der Waals surface area contributed by atoms with Crippen molar-refractivity contribution in [1.29, 1.82) is 0 Å². The third kappa shape index (κ3) is 6.33. The number of non-ortho nitro benzene ring substituents is 1. The Bertz CT molecular complexity index is 732. The molecule has 0 spiro atoms. The van der Waals surface area contributed by atoms with Crippen molar-refractivity contribution in [2.75, 3.05) is 5.32 Å². The lowest BCUT2D eigenvalue weighted by molar-refractivity contribution is -0.384. The normalized spacial score (nSPS) is 12.2. The average molecular weight is 454 g/mol. The molecule has 0 aliphatic heterocycles. The summed E-state index contributed by atoms with van der Waals surface area (Å²) in [4.78, 5) is 14.6. The second-order valence-corrected chi connectivity index (χ2v) is 5.68. The van der Waals surface area contributed by atoms with E-state index in [1.807, 2.05) is 12.1 Å². The van der Waals surface area contributed by atoms with E-state index in [1.165, 1.54) is 17.7 Å². The van der Waals surface area contributed by atoms with E-state index in [0.29, 0.717) is 5.92 Å². The second kappa shape index (κ2) is 9.97. The van der Waals surface area contributed by atoms with E-state index in [-0.39, 0.29) is 42.2 Å². The molecule has 0 saturated carbocycles. The molecule has 134 valence electrons. The predicted octanol–water partition coefficient (Wildman–Crippen LogP) is 4.65. The maximum Gasteiger partial charge on any atom is 0.269 e. The number of guanidine groups is 1. The van der Waals surface area contributed by atoms with Gasteiger partial charge in [-0.25, -0.2) is 4.99 Å². The average Bonchev–Trinajstić information content (AvgIpc) is 2.60. The van der Waals surface area contributed by atoms with Crippen LogP contribution in [0.5, 0.6) is 0 Å². The van der Waals surface area contributed by atoms with Crippen LogP contribution in [-0.2, 0) is 6.54 Å². The molecule has 1 atom stereocenters. The molecule has 2 aromatic rings. The van der Waals surface area contributed by atoms with Gasteiger partial charge in [-0.2, -0.15) is 0 Å². The number of benzene rings is 2. The van der Waals surface area contributed by atoms with Crippen LogP contribution >= 0.6 is 24.0 Å². The van der Waals surface area contributed by atoms with Crippen LogP contribution in [0.15, 0.2) is 53.5 Å². The summed E-state index contributed by atoms with van der Waals surface area (Å²) in [5, 5.41) is 13.8. The highest BCUT2D eigenvalue weighted by molar-refractivity contribution is 14.0. The Kier molecular flexibility index (Phi) is 8.33. The quantitative estimate of drug-likeness (QED) is 0.218. The molecule has 0 aliphatic rings. The van der Waals surface area contributed by atoms with Gasteiger partial charge in [0.25, 0.3) is 5.69 Å². The molecule has 0 saturated heterocycles. The summed E-state index contributed by atoms with van der Waals surface area (Å²) in [6.07, 6.45) is 1.10. The number of nitro benzene ring substituents is 1. The number of anilines is 1. The van der Waals surface area contributed by atoms with Crippen molar-refractivity contribution in [3.05, 3.63) is 69.8 Å². The first-order valence-electron chi connectivity index (χ1n) is 7.89. The fraction of sp³-hybridized carbons (Fsp3) is 0.278. The van der Waals surface area contributed by atoms with E-state index >= 15 is 0 Å². The number of nitrogens with one attached hydrogen (secondary N) is 1. The fourth-order valence-corrected chi connectivity index (χ4v) is 2.26. The summed E-state index contributed by atoms with van der Waals surface area (Å²) in [6, 6.07) is 14.5. The van der Waals surface area contributed by atoms with E-state index in [0.717, 1.165) is 17.7 Å². The Morgan fingerprint density at radius 1 is 1.28 bits per heavy atom. The maximum absolute atomic E-state index is 10.8. The van der Waals surface area contributed by atoms with E-state index in [1.54, 1.807) is 12.1 Å². The smallest absolute Gasteiger partial charge is 0.269 e. The van der Waals surface area contributed by atoms with Gasteiger partial charge in [0.15, 0.2) is 5.96 Å². The number of nitrogens with zero attached hydrogens (tertiary/aromatic N) is 2. The Morgan fingerprint density at radius 2 is 1.96 bits per heavy atom. The van der Waals surface area contributed by atoms with Crippen molar-refractivity contribution < 1.29 is 4.92 Å². The number of aliphatic imine (C=N–C) groups is 1. The standard InChI is InChI=1S/C18H22N4O2.HI/c1-3-13(2)15-7-9-16(10-8-15)21-18(19)20-12-14-5-4-6-17(11-14)22(23)24;/h4-11,13H,3,12H2,1-2H3,(H3,19,20,21);1H. The Morgan fingerprint density at radius 3 is 2.56 bits per heavy atom. The zero-order chi connectivity index (χ0) is 17.5. The number of rotatable bonds is 6. The van der Waals surface area contributed by atoms with Crippen LogP contribution in [-0.4, -0.2) is 10.9 Å². The lowest BCUT2D eigenvalue weighted by atomic mass is 9.99. The van der Waals surface area contributed by atoms with Crippen molar-refractivity contribution in [3.63, 3.8) is 0 Å². The summed E-state index contributed by atoms with van der Waals surface area (Å²) in [7, 11) is 0. The van der Waals surface area contributed by atoms with Gasteiger partial charge in [0.2, 0.25) is 0 Å². The Hall–Kier alpha value is -2.16. The lowest BCUT2D eigenvalue weighted by Crippen LogP contribution is -2.22. The predicted molar refractivity (Wildman–Crippen MR) is 113 cm³/mol. The second-order valence-electron chi connectivity index (χ2n) is 5.68. The van der Waals surface area contributed by atoms with Gasteiger partial charge >= 0.3 is 0 Å². The molecular formula is C18H23IN4O2. The molecule has 1 unspecified atom stereocenters. The van der Waals surface area contributed by atoms with Gasteiger partial charge in [-0.15, -0.1) is 24.0 Å². The van der Waals surface area contributed by atoms with Crippen molar-refractivity contribution in [2.24, 2.45) is 10.7 Å². The van der Waals surface area contributed by atoms with E-state index < -0.39 is 4.92 Å². The molecule has 0 heterocycles. The molecule has 0 fully saturated rings. The van der Waals surface area contributed by atoms with Gasteiger partial charge < -0.3 is 11.1 Å². The number of nitro groups is 1. The van der Waals surface area contributed by atoms with Gasteiger partial charge in [-0.3, -0.25) is 10.1 Å². The van der Waals surface area contributed by atoms with Crippen LogP contribution in [0.3, 0.4) is 0 Å². The monoisotopic (exact) mass is 454 g/mol. The summed E-state index contributed by atoms with van der Waals surface area (Å²) in [5.74, 6) is 0.803. The van der Waals surface area contributed by atoms with Crippen LogP contribution in [0.1, 0.15) is 37.3 Å². The minimum absolute atomic E-state index is 0. The molecule has 0 aromatic heterocycles.